The molecular formula is C15H14F2N2O. The van der Waals surface area contributed by atoms with Gasteiger partial charge in [-0.2, -0.15) is 4.39 Å². The van der Waals surface area contributed by atoms with Gasteiger partial charge in [0.2, 0.25) is 11.7 Å². The van der Waals surface area contributed by atoms with Gasteiger partial charge < -0.3 is 10.1 Å². The minimum Gasteiger partial charge on any atom is -0.435 e. The molecule has 0 unspecified atom stereocenters. The zero-order valence-corrected chi connectivity index (χ0v) is 10.8. The van der Waals surface area contributed by atoms with Crippen molar-refractivity contribution in [1.29, 1.82) is 0 Å². The number of benzene rings is 1. The minimum atomic E-state index is -1.00. The predicted molar refractivity (Wildman–Crippen MR) is 70.5 cm³/mol. The summed E-state index contributed by atoms with van der Waals surface area (Å²) in [6.07, 6.45) is 3.91. The molecule has 0 spiro atoms. The molecule has 1 aliphatic carbocycles. The van der Waals surface area contributed by atoms with E-state index in [1.165, 1.54) is 25.0 Å². The Balaban J connectivity index is 1.80. The molecule has 1 aromatic heterocycles. The Labute approximate surface area is 115 Å². The second-order valence-electron chi connectivity index (χ2n) is 4.78. The Kier molecular flexibility index (Phi) is 3.60. The summed E-state index contributed by atoms with van der Waals surface area (Å²) in [5, 5.41) is 3.34. The van der Waals surface area contributed by atoms with Crippen LogP contribution in [-0.4, -0.2) is 11.0 Å². The molecular weight excluding hydrogens is 262 g/mol. The fourth-order valence-electron chi connectivity index (χ4n) is 1.86. The number of nitrogens with one attached hydrogen (secondary N) is 1. The van der Waals surface area contributed by atoms with Crippen LogP contribution < -0.4 is 10.1 Å². The molecule has 0 bridgehead atoms. The maximum Gasteiger partial charge on any atom is 0.223 e. The molecule has 5 heteroatoms. The van der Waals surface area contributed by atoms with Gasteiger partial charge in [0.05, 0.1) is 0 Å². The van der Waals surface area contributed by atoms with Gasteiger partial charge in [-0.25, -0.2) is 9.37 Å². The Hall–Kier alpha value is -2.01. The molecule has 0 atom stereocenters. The van der Waals surface area contributed by atoms with Gasteiger partial charge in [0, 0.05) is 24.3 Å². The van der Waals surface area contributed by atoms with E-state index >= 15 is 0 Å². The van der Waals surface area contributed by atoms with Crippen LogP contribution in [0.3, 0.4) is 0 Å². The smallest absolute Gasteiger partial charge is 0.223 e. The summed E-state index contributed by atoms with van der Waals surface area (Å²) in [7, 11) is 0. The zero-order chi connectivity index (χ0) is 13.9. The second kappa shape index (κ2) is 5.54. The molecule has 2 aromatic rings. The molecule has 1 heterocycles. The van der Waals surface area contributed by atoms with E-state index in [0.29, 0.717) is 18.5 Å². The number of pyridine rings is 1. The molecule has 0 amide bonds. The van der Waals surface area contributed by atoms with E-state index in [0.717, 1.165) is 11.6 Å². The van der Waals surface area contributed by atoms with Crippen molar-refractivity contribution in [2.45, 2.75) is 25.4 Å². The topological polar surface area (TPSA) is 34.1 Å². The molecule has 0 radical (unpaired) electrons. The molecule has 104 valence electrons. The maximum atomic E-state index is 13.6. The van der Waals surface area contributed by atoms with Crippen molar-refractivity contribution < 1.29 is 13.5 Å². The van der Waals surface area contributed by atoms with E-state index in [2.05, 4.69) is 10.3 Å². The van der Waals surface area contributed by atoms with Gasteiger partial charge in [0.15, 0.2) is 11.6 Å². The molecule has 1 saturated carbocycles. The number of hydrogen-bond acceptors (Lipinski definition) is 3. The first-order valence-electron chi connectivity index (χ1n) is 6.53. The zero-order valence-electron chi connectivity index (χ0n) is 10.8. The van der Waals surface area contributed by atoms with Crippen LogP contribution in [0, 0.1) is 11.6 Å². The Morgan fingerprint density at radius 2 is 2.05 bits per heavy atom. The van der Waals surface area contributed by atoms with E-state index in [1.54, 1.807) is 12.3 Å². The highest BCUT2D eigenvalue weighted by Crippen LogP contribution is 2.27. The van der Waals surface area contributed by atoms with Crippen LogP contribution in [0.15, 0.2) is 36.5 Å². The lowest BCUT2D eigenvalue weighted by Crippen LogP contribution is -2.16. The number of hydrogen-bond donors (Lipinski definition) is 1. The highest BCUT2D eigenvalue weighted by molar-refractivity contribution is 5.33. The number of aromatic nitrogens is 1. The number of nitrogens with zero attached hydrogens (tertiary/aromatic N) is 1. The fraction of sp³-hybridized carbons (Fsp3) is 0.267. The highest BCUT2D eigenvalue weighted by Gasteiger charge is 2.21. The van der Waals surface area contributed by atoms with E-state index in [4.69, 9.17) is 4.74 Å². The first kappa shape index (κ1) is 13.0. The Morgan fingerprint density at radius 1 is 1.20 bits per heavy atom. The van der Waals surface area contributed by atoms with Crippen LogP contribution in [-0.2, 0) is 6.54 Å². The van der Waals surface area contributed by atoms with Crippen molar-refractivity contribution >= 4 is 0 Å². The predicted octanol–water partition coefficient (Wildman–Crippen LogP) is 3.40. The third-order valence-electron chi connectivity index (χ3n) is 3.13. The molecule has 0 saturated heterocycles. The van der Waals surface area contributed by atoms with Crippen molar-refractivity contribution in [3.8, 4) is 11.6 Å². The third-order valence-corrected chi connectivity index (χ3v) is 3.13. The van der Waals surface area contributed by atoms with E-state index in [-0.39, 0.29) is 5.75 Å². The highest BCUT2D eigenvalue weighted by atomic mass is 19.2. The third kappa shape index (κ3) is 2.93. The van der Waals surface area contributed by atoms with Gasteiger partial charge in [0.25, 0.3) is 0 Å². The first-order valence-corrected chi connectivity index (χ1v) is 6.53. The molecule has 1 fully saturated rings. The Morgan fingerprint density at radius 3 is 2.85 bits per heavy atom. The normalized spacial score (nSPS) is 14.3. The molecule has 1 N–H and O–H groups in total. The molecule has 3 nitrogen and oxygen atoms in total. The van der Waals surface area contributed by atoms with Crippen molar-refractivity contribution in [1.82, 2.24) is 10.3 Å². The quantitative estimate of drug-likeness (QED) is 0.908. The summed E-state index contributed by atoms with van der Waals surface area (Å²) in [5.41, 5.74) is 0.822. The SMILES string of the molecule is Fc1cccc(Oc2ncccc2CNC2CC2)c1F. The van der Waals surface area contributed by atoms with Crippen LogP contribution in [0.1, 0.15) is 18.4 Å². The van der Waals surface area contributed by atoms with E-state index in [9.17, 15) is 8.78 Å². The van der Waals surface area contributed by atoms with E-state index < -0.39 is 11.6 Å². The lowest BCUT2D eigenvalue weighted by Gasteiger charge is -2.11. The minimum absolute atomic E-state index is 0.156. The average Bonchev–Trinajstić information content (AvgIpc) is 3.27. The number of rotatable bonds is 5. The van der Waals surface area contributed by atoms with Crippen molar-refractivity contribution in [3.63, 3.8) is 0 Å². The number of halogens is 2. The summed E-state index contributed by atoms with van der Waals surface area (Å²) in [5.74, 6) is -1.79. The maximum absolute atomic E-state index is 13.6. The molecule has 1 aliphatic rings. The molecule has 20 heavy (non-hydrogen) atoms. The van der Waals surface area contributed by atoms with Crippen molar-refractivity contribution in [2.75, 3.05) is 0 Å². The summed E-state index contributed by atoms with van der Waals surface area (Å²) >= 11 is 0. The first-order chi connectivity index (χ1) is 9.74. The summed E-state index contributed by atoms with van der Waals surface area (Å²) < 4.78 is 32.2. The van der Waals surface area contributed by atoms with Crippen LogP contribution in [0.25, 0.3) is 0 Å². The monoisotopic (exact) mass is 276 g/mol. The van der Waals surface area contributed by atoms with Crippen molar-refractivity contribution in [2.24, 2.45) is 0 Å². The van der Waals surface area contributed by atoms with Gasteiger partial charge in [-0.05, 0) is 31.0 Å². The average molecular weight is 276 g/mol. The lowest BCUT2D eigenvalue weighted by molar-refractivity contribution is 0.400. The summed E-state index contributed by atoms with van der Waals surface area (Å²) in [6, 6.07) is 8.03. The van der Waals surface area contributed by atoms with Crippen LogP contribution in [0.4, 0.5) is 8.78 Å². The molecule has 3 rings (SSSR count). The van der Waals surface area contributed by atoms with Gasteiger partial charge >= 0.3 is 0 Å². The van der Waals surface area contributed by atoms with Gasteiger partial charge in [-0.3, -0.25) is 0 Å². The lowest BCUT2D eigenvalue weighted by atomic mass is 10.2. The van der Waals surface area contributed by atoms with Gasteiger partial charge in [0.1, 0.15) is 0 Å². The van der Waals surface area contributed by atoms with Crippen LogP contribution in [0.2, 0.25) is 0 Å². The summed E-state index contributed by atoms with van der Waals surface area (Å²) in [4.78, 5) is 4.09. The molecule has 0 aliphatic heterocycles. The molecule has 1 aromatic carbocycles. The van der Waals surface area contributed by atoms with Crippen LogP contribution in [0.5, 0.6) is 11.6 Å². The van der Waals surface area contributed by atoms with Crippen LogP contribution >= 0.6 is 0 Å². The fourth-order valence-corrected chi connectivity index (χ4v) is 1.86. The number of ether oxygens (including phenoxy) is 1. The van der Waals surface area contributed by atoms with Gasteiger partial charge in [-0.1, -0.05) is 12.1 Å². The summed E-state index contributed by atoms with van der Waals surface area (Å²) in [6.45, 7) is 0.602. The van der Waals surface area contributed by atoms with Gasteiger partial charge in [-0.15, -0.1) is 0 Å². The Bertz CT molecular complexity index is 615. The second-order valence-corrected chi connectivity index (χ2v) is 4.78. The van der Waals surface area contributed by atoms with Crippen molar-refractivity contribution in [3.05, 3.63) is 53.7 Å². The largest absolute Gasteiger partial charge is 0.435 e. The standard InChI is InChI=1S/C15H14F2N2O/c16-12-4-1-5-13(14(12)17)20-15-10(3-2-8-18-15)9-19-11-6-7-11/h1-5,8,11,19H,6-7,9H2. The van der Waals surface area contributed by atoms with E-state index in [1.807, 2.05) is 6.07 Å².